The molecule has 17 heavy (non-hydrogen) atoms. The molecule has 0 aliphatic carbocycles. The second-order valence-corrected chi connectivity index (χ2v) is 4.56. The summed E-state index contributed by atoms with van der Waals surface area (Å²) in [5.41, 5.74) is 1.29. The molecule has 0 amide bonds. The SMILES string of the molecule is Clc1cc2[nH]c(-n3cccn3)nc2c(Cl)c1Cl. The second-order valence-electron chi connectivity index (χ2n) is 3.39. The van der Waals surface area contributed by atoms with Gasteiger partial charge in [-0.25, -0.2) is 9.67 Å². The van der Waals surface area contributed by atoms with Gasteiger partial charge in [0, 0.05) is 12.4 Å². The van der Waals surface area contributed by atoms with Crippen LogP contribution in [0.4, 0.5) is 0 Å². The highest BCUT2D eigenvalue weighted by molar-refractivity contribution is 6.50. The Labute approximate surface area is 111 Å². The van der Waals surface area contributed by atoms with Gasteiger partial charge in [-0.1, -0.05) is 34.8 Å². The van der Waals surface area contributed by atoms with Crippen LogP contribution in [-0.4, -0.2) is 19.7 Å². The molecule has 0 fully saturated rings. The minimum Gasteiger partial charge on any atom is -0.322 e. The summed E-state index contributed by atoms with van der Waals surface area (Å²) in [6.07, 6.45) is 3.43. The number of benzene rings is 1. The molecule has 0 radical (unpaired) electrons. The Kier molecular flexibility index (Phi) is 2.50. The number of aromatic amines is 1. The Hall–Kier alpha value is -1.23. The van der Waals surface area contributed by atoms with Crippen molar-refractivity contribution in [3.63, 3.8) is 0 Å². The zero-order chi connectivity index (χ0) is 12.0. The van der Waals surface area contributed by atoms with Gasteiger partial charge in [0.15, 0.2) is 0 Å². The Bertz CT molecular complexity index is 687. The highest BCUT2D eigenvalue weighted by atomic mass is 35.5. The first-order valence-electron chi connectivity index (χ1n) is 4.70. The fourth-order valence-corrected chi connectivity index (χ4v) is 2.19. The summed E-state index contributed by atoms with van der Waals surface area (Å²) in [7, 11) is 0. The standard InChI is InChI=1S/C10H5Cl3N4/c11-5-4-6-9(8(13)7(5)12)16-10(15-6)17-3-1-2-14-17/h1-4H,(H,15,16). The number of H-pyrrole nitrogens is 1. The maximum Gasteiger partial charge on any atom is 0.229 e. The minimum atomic E-state index is 0.305. The van der Waals surface area contributed by atoms with Gasteiger partial charge in [0.05, 0.1) is 20.6 Å². The van der Waals surface area contributed by atoms with Crippen LogP contribution >= 0.6 is 34.8 Å². The average Bonchev–Trinajstić information content (AvgIpc) is 2.93. The number of rotatable bonds is 1. The third-order valence-corrected chi connectivity index (χ3v) is 3.57. The fraction of sp³-hybridized carbons (Fsp3) is 0. The lowest BCUT2D eigenvalue weighted by Gasteiger charge is -1.98. The van der Waals surface area contributed by atoms with Crippen LogP contribution in [0, 0.1) is 0 Å². The number of nitrogens with one attached hydrogen (secondary N) is 1. The van der Waals surface area contributed by atoms with Gasteiger partial charge in [-0.05, 0) is 12.1 Å². The van der Waals surface area contributed by atoms with E-state index in [9.17, 15) is 0 Å². The molecule has 3 aromatic rings. The molecule has 86 valence electrons. The second kappa shape index (κ2) is 3.91. The number of nitrogens with zero attached hydrogens (tertiary/aromatic N) is 3. The molecule has 1 N–H and O–H groups in total. The summed E-state index contributed by atoms with van der Waals surface area (Å²) in [5, 5.41) is 5.10. The van der Waals surface area contributed by atoms with Crippen molar-refractivity contribution in [2.24, 2.45) is 0 Å². The third kappa shape index (κ3) is 1.69. The van der Waals surface area contributed by atoms with Crippen LogP contribution in [0.3, 0.4) is 0 Å². The van der Waals surface area contributed by atoms with E-state index in [1.165, 1.54) is 0 Å². The molecule has 2 aromatic heterocycles. The van der Waals surface area contributed by atoms with E-state index in [4.69, 9.17) is 34.8 Å². The first kappa shape index (κ1) is 10.9. The number of fused-ring (bicyclic) bond motifs is 1. The van der Waals surface area contributed by atoms with E-state index in [2.05, 4.69) is 15.1 Å². The molecular formula is C10H5Cl3N4. The zero-order valence-electron chi connectivity index (χ0n) is 8.28. The molecule has 0 unspecified atom stereocenters. The zero-order valence-corrected chi connectivity index (χ0v) is 10.6. The molecule has 0 bridgehead atoms. The van der Waals surface area contributed by atoms with Crippen molar-refractivity contribution in [3.8, 4) is 5.95 Å². The van der Waals surface area contributed by atoms with Crippen LogP contribution in [0.5, 0.6) is 0 Å². The predicted octanol–water partition coefficient (Wildman–Crippen LogP) is 3.71. The van der Waals surface area contributed by atoms with Crippen LogP contribution in [0.25, 0.3) is 17.0 Å². The molecule has 0 aliphatic heterocycles. The Balaban J connectivity index is 2.30. The summed E-state index contributed by atoms with van der Waals surface area (Å²) in [4.78, 5) is 7.40. The molecule has 0 spiro atoms. The van der Waals surface area contributed by atoms with E-state index in [1.54, 1.807) is 29.2 Å². The fourth-order valence-electron chi connectivity index (χ4n) is 1.55. The van der Waals surface area contributed by atoms with Crippen LogP contribution in [0.15, 0.2) is 24.5 Å². The van der Waals surface area contributed by atoms with E-state index in [0.717, 1.165) is 5.52 Å². The van der Waals surface area contributed by atoms with Crippen molar-refractivity contribution in [3.05, 3.63) is 39.6 Å². The van der Waals surface area contributed by atoms with E-state index in [-0.39, 0.29) is 0 Å². The largest absolute Gasteiger partial charge is 0.322 e. The molecule has 0 saturated heterocycles. The van der Waals surface area contributed by atoms with Crippen LogP contribution in [-0.2, 0) is 0 Å². The molecule has 0 saturated carbocycles. The summed E-state index contributed by atoms with van der Waals surface area (Å²) < 4.78 is 1.60. The highest BCUT2D eigenvalue weighted by Crippen LogP contribution is 2.35. The lowest BCUT2D eigenvalue weighted by molar-refractivity contribution is 0.829. The maximum atomic E-state index is 6.08. The van der Waals surface area contributed by atoms with Gasteiger partial charge in [0.25, 0.3) is 0 Å². The molecule has 1 aromatic carbocycles. The predicted molar refractivity (Wildman–Crippen MR) is 68.2 cm³/mol. The number of imidazole rings is 1. The monoisotopic (exact) mass is 286 g/mol. The van der Waals surface area contributed by atoms with Gasteiger partial charge in [-0.15, -0.1) is 0 Å². The number of aromatic nitrogens is 4. The lowest BCUT2D eigenvalue weighted by Crippen LogP contribution is -1.95. The highest BCUT2D eigenvalue weighted by Gasteiger charge is 2.13. The summed E-state index contributed by atoms with van der Waals surface area (Å²) in [6.45, 7) is 0. The molecule has 3 rings (SSSR count). The van der Waals surface area contributed by atoms with Gasteiger partial charge in [0.2, 0.25) is 5.95 Å². The summed E-state index contributed by atoms with van der Waals surface area (Å²) in [6, 6.07) is 3.49. The normalized spacial score (nSPS) is 11.2. The van der Waals surface area contributed by atoms with Crippen LogP contribution < -0.4 is 0 Å². The number of halogens is 3. The van der Waals surface area contributed by atoms with Gasteiger partial charge >= 0.3 is 0 Å². The first-order chi connectivity index (χ1) is 8.16. The van der Waals surface area contributed by atoms with E-state index < -0.39 is 0 Å². The molecular weight excluding hydrogens is 282 g/mol. The molecule has 7 heteroatoms. The first-order valence-corrected chi connectivity index (χ1v) is 5.83. The van der Waals surface area contributed by atoms with Gasteiger partial charge in [0.1, 0.15) is 5.52 Å². The Morgan fingerprint density at radius 1 is 1.18 bits per heavy atom. The van der Waals surface area contributed by atoms with E-state index >= 15 is 0 Å². The third-order valence-electron chi connectivity index (χ3n) is 2.32. The maximum absolute atomic E-state index is 6.08. The van der Waals surface area contributed by atoms with Gasteiger partial charge in [-0.3, -0.25) is 0 Å². The summed E-state index contributed by atoms with van der Waals surface area (Å²) in [5.74, 6) is 0.560. The van der Waals surface area contributed by atoms with Crippen molar-refractivity contribution in [2.75, 3.05) is 0 Å². The quantitative estimate of drug-likeness (QED) is 0.694. The van der Waals surface area contributed by atoms with Gasteiger partial charge in [-0.2, -0.15) is 5.10 Å². The summed E-state index contributed by atoms with van der Waals surface area (Å²) >= 11 is 18.0. The molecule has 0 atom stereocenters. The van der Waals surface area contributed by atoms with Crippen molar-refractivity contribution in [1.82, 2.24) is 19.7 Å². The van der Waals surface area contributed by atoms with Crippen LogP contribution in [0.2, 0.25) is 15.1 Å². The molecule has 0 aliphatic rings. The topological polar surface area (TPSA) is 46.5 Å². The van der Waals surface area contributed by atoms with E-state index in [1.807, 2.05) is 0 Å². The van der Waals surface area contributed by atoms with Crippen molar-refractivity contribution in [2.45, 2.75) is 0 Å². The van der Waals surface area contributed by atoms with Crippen LogP contribution in [0.1, 0.15) is 0 Å². The Morgan fingerprint density at radius 2 is 2.00 bits per heavy atom. The Morgan fingerprint density at radius 3 is 2.71 bits per heavy atom. The smallest absolute Gasteiger partial charge is 0.229 e. The van der Waals surface area contributed by atoms with Crippen molar-refractivity contribution < 1.29 is 0 Å². The molecule has 4 nitrogen and oxygen atoms in total. The number of hydrogen-bond acceptors (Lipinski definition) is 2. The average molecular weight is 288 g/mol. The molecule has 2 heterocycles. The minimum absolute atomic E-state index is 0.305. The lowest BCUT2D eigenvalue weighted by atomic mass is 10.3. The van der Waals surface area contributed by atoms with Crippen molar-refractivity contribution in [1.29, 1.82) is 0 Å². The van der Waals surface area contributed by atoms with E-state index in [0.29, 0.717) is 26.5 Å². The van der Waals surface area contributed by atoms with Gasteiger partial charge < -0.3 is 4.98 Å². The number of hydrogen-bond donors (Lipinski definition) is 1. The van der Waals surface area contributed by atoms with Crippen molar-refractivity contribution >= 4 is 45.8 Å².